The van der Waals surface area contributed by atoms with Crippen LogP contribution in [0.25, 0.3) is 11.0 Å². The first-order valence-electron chi connectivity index (χ1n) is 10.3. The van der Waals surface area contributed by atoms with Crippen molar-refractivity contribution in [2.75, 3.05) is 4.90 Å². The number of hydrogen-bond donors (Lipinski definition) is 1. The van der Waals surface area contributed by atoms with E-state index < -0.39 is 23.5 Å². The molecule has 0 bridgehead atoms. The van der Waals surface area contributed by atoms with Crippen molar-refractivity contribution in [3.8, 4) is 0 Å². The lowest BCUT2D eigenvalue weighted by atomic mass is 9.95. The first-order valence-corrected chi connectivity index (χ1v) is 11.5. The third-order valence-electron chi connectivity index (χ3n) is 5.60. The molecule has 34 heavy (non-hydrogen) atoms. The van der Waals surface area contributed by atoms with Crippen molar-refractivity contribution in [2.45, 2.75) is 19.9 Å². The molecule has 1 atom stereocenters. The van der Waals surface area contributed by atoms with Gasteiger partial charge in [0.1, 0.15) is 5.58 Å². The lowest BCUT2D eigenvalue weighted by molar-refractivity contribution is -0.117. The van der Waals surface area contributed by atoms with Gasteiger partial charge in [0.15, 0.2) is 22.4 Å². The number of benzene rings is 2. The fourth-order valence-corrected chi connectivity index (χ4v) is 5.15. The molecule has 0 spiro atoms. The molecule has 1 unspecified atom stereocenters. The van der Waals surface area contributed by atoms with Gasteiger partial charge >= 0.3 is 0 Å². The molecule has 0 radical (unpaired) electrons. The van der Waals surface area contributed by atoms with Crippen LogP contribution in [0.15, 0.2) is 70.3 Å². The maximum atomic E-state index is 13.6. The molecule has 0 aliphatic carbocycles. The number of ketones is 2. The first-order chi connectivity index (χ1) is 16.3. The minimum atomic E-state index is -0.990. The van der Waals surface area contributed by atoms with E-state index in [2.05, 4.69) is 4.98 Å². The molecular formula is C25H17ClN2O5S. The molecular weight excluding hydrogens is 476 g/mol. The minimum Gasteiger partial charge on any atom is -0.503 e. The number of thiazole rings is 1. The summed E-state index contributed by atoms with van der Waals surface area (Å²) in [6, 6.07) is 14.3. The van der Waals surface area contributed by atoms with E-state index in [9.17, 15) is 19.5 Å². The Labute approximate surface area is 202 Å². The van der Waals surface area contributed by atoms with E-state index in [-0.39, 0.29) is 22.2 Å². The van der Waals surface area contributed by atoms with Gasteiger partial charge in [-0.25, -0.2) is 4.98 Å². The van der Waals surface area contributed by atoms with Gasteiger partial charge in [-0.05, 0) is 36.8 Å². The maximum absolute atomic E-state index is 13.6. The Morgan fingerprint density at radius 3 is 2.50 bits per heavy atom. The third-order valence-corrected chi connectivity index (χ3v) is 7.11. The molecule has 2 aromatic carbocycles. The van der Waals surface area contributed by atoms with Crippen LogP contribution in [0.4, 0.5) is 5.13 Å². The number of fused-ring (bicyclic) bond motifs is 1. The number of Topliss-reactive ketones (excluding diaryl/α,β-unsaturated/α-hetero) is 2. The van der Waals surface area contributed by atoms with Crippen LogP contribution in [0.2, 0.25) is 5.02 Å². The Hall–Kier alpha value is -3.75. The van der Waals surface area contributed by atoms with Gasteiger partial charge in [0.05, 0.1) is 22.2 Å². The predicted molar refractivity (Wildman–Crippen MR) is 129 cm³/mol. The van der Waals surface area contributed by atoms with Crippen LogP contribution in [0.1, 0.15) is 44.4 Å². The van der Waals surface area contributed by atoms with Gasteiger partial charge in [-0.3, -0.25) is 19.3 Å². The van der Waals surface area contributed by atoms with Crippen molar-refractivity contribution < 1.29 is 23.9 Å². The van der Waals surface area contributed by atoms with Crippen LogP contribution < -0.4 is 4.90 Å². The monoisotopic (exact) mass is 492 g/mol. The molecule has 4 aromatic rings. The van der Waals surface area contributed by atoms with Crippen LogP contribution in [-0.4, -0.2) is 27.6 Å². The van der Waals surface area contributed by atoms with Gasteiger partial charge in [-0.2, -0.15) is 0 Å². The fourth-order valence-electron chi connectivity index (χ4n) is 4.03. The van der Waals surface area contributed by atoms with E-state index in [1.807, 2.05) is 6.07 Å². The van der Waals surface area contributed by atoms with Crippen molar-refractivity contribution in [1.82, 2.24) is 4.98 Å². The van der Waals surface area contributed by atoms with Crippen LogP contribution in [0.5, 0.6) is 0 Å². The quantitative estimate of drug-likeness (QED) is 0.351. The largest absolute Gasteiger partial charge is 0.503 e. The average molecular weight is 493 g/mol. The van der Waals surface area contributed by atoms with E-state index >= 15 is 0 Å². The number of carbonyl (C=O) groups is 3. The number of halogens is 1. The highest BCUT2D eigenvalue weighted by molar-refractivity contribution is 7.17. The van der Waals surface area contributed by atoms with E-state index in [0.29, 0.717) is 26.7 Å². The number of hydrogen-bond acceptors (Lipinski definition) is 7. The number of carbonyl (C=O) groups excluding carboxylic acids is 3. The number of rotatable bonds is 5. The number of aliphatic hydroxyl groups excluding tert-OH is 1. The number of aromatic nitrogens is 1. The van der Waals surface area contributed by atoms with Crippen molar-refractivity contribution >= 4 is 56.5 Å². The fraction of sp³-hybridized carbons (Fsp3) is 0.120. The Balaban J connectivity index is 1.67. The second-order valence-corrected chi connectivity index (χ2v) is 9.25. The number of furan rings is 1. The first kappa shape index (κ1) is 22.1. The highest BCUT2D eigenvalue weighted by Crippen LogP contribution is 2.44. The zero-order chi connectivity index (χ0) is 24.1. The molecule has 1 N–H and O–H groups in total. The predicted octanol–water partition coefficient (Wildman–Crippen LogP) is 5.84. The number of nitrogens with zero attached hydrogens (tertiary/aromatic N) is 2. The second kappa shape index (κ2) is 8.23. The summed E-state index contributed by atoms with van der Waals surface area (Å²) in [5, 5.41) is 12.3. The van der Waals surface area contributed by atoms with Crippen LogP contribution >= 0.6 is 22.9 Å². The van der Waals surface area contributed by atoms with Crippen LogP contribution in [0.3, 0.4) is 0 Å². The second-order valence-electron chi connectivity index (χ2n) is 7.84. The minimum absolute atomic E-state index is 0.00360. The van der Waals surface area contributed by atoms with Crippen LogP contribution in [0, 0.1) is 6.92 Å². The summed E-state index contributed by atoms with van der Waals surface area (Å²) in [6.45, 7) is 3.08. The molecule has 0 fully saturated rings. The van der Waals surface area contributed by atoms with Crippen molar-refractivity contribution in [3.63, 3.8) is 0 Å². The summed E-state index contributed by atoms with van der Waals surface area (Å²) in [5.74, 6) is -2.29. The van der Waals surface area contributed by atoms with E-state index in [1.54, 1.807) is 55.5 Å². The molecule has 1 aliphatic heterocycles. The Kier molecular flexibility index (Phi) is 5.34. The van der Waals surface area contributed by atoms with Crippen molar-refractivity contribution in [2.24, 2.45) is 0 Å². The summed E-state index contributed by atoms with van der Waals surface area (Å²) >= 11 is 7.09. The third kappa shape index (κ3) is 3.52. The highest BCUT2D eigenvalue weighted by Gasteiger charge is 2.46. The summed E-state index contributed by atoms with van der Waals surface area (Å²) in [7, 11) is 0. The molecule has 9 heteroatoms. The SMILES string of the molecule is CC(=O)c1sc(N2C(=O)C(O)=C(C(=O)c3cc4ccccc4o3)C2c2ccc(Cl)cc2)nc1C. The van der Waals surface area contributed by atoms with Crippen molar-refractivity contribution in [3.05, 3.63) is 92.8 Å². The molecule has 0 saturated carbocycles. The van der Waals surface area contributed by atoms with Gasteiger partial charge < -0.3 is 9.52 Å². The Morgan fingerprint density at radius 1 is 1.15 bits per heavy atom. The standard InChI is InChI=1S/C25H17ClN2O5S/c1-12-23(13(2)29)34-25(27-12)28-20(14-7-9-16(26)10-8-14)19(22(31)24(28)32)21(30)18-11-15-5-3-4-6-17(15)33-18/h3-11,20,31H,1-2H3. The Morgan fingerprint density at radius 2 is 1.85 bits per heavy atom. The van der Waals surface area contributed by atoms with Gasteiger partial charge in [0.2, 0.25) is 5.78 Å². The zero-order valence-electron chi connectivity index (χ0n) is 18.0. The van der Waals surface area contributed by atoms with E-state index in [0.717, 1.165) is 16.7 Å². The Bertz CT molecular complexity index is 1480. The molecule has 7 nitrogen and oxygen atoms in total. The lowest BCUT2D eigenvalue weighted by Gasteiger charge is -2.24. The summed E-state index contributed by atoms with van der Waals surface area (Å²) in [6.07, 6.45) is 0. The molecule has 5 rings (SSSR count). The molecule has 2 aromatic heterocycles. The summed E-state index contributed by atoms with van der Waals surface area (Å²) in [4.78, 5) is 44.9. The lowest BCUT2D eigenvalue weighted by Crippen LogP contribution is -2.31. The number of aliphatic hydroxyl groups is 1. The van der Waals surface area contributed by atoms with Gasteiger partial charge in [0, 0.05) is 17.3 Å². The normalized spacial score (nSPS) is 16.0. The topological polar surface area (TPSA) is 101 Å². The number of anilines is 1. The molecule has 1 amide bonds. The molecule has 3 heterocycles. The average Bonchev–Trinajstić information content (AvgIpc) is 3.48. The molecule has 1 aliphatic rings. The number of para-hydroxylation sites is 1. The maximum Gasteiger partial charge on any atom is 0.296 e. The number of aryl methyl sites for hydroxylation is 1. The summed E-state index contributed by atoms with van der Waals surface area (Å²) < 4.78 is 5.72. The molecule has 0 saturated heterocycles. The van der Waals surface area contributed by atoms with Crippen molar-refractivity contribution in [1.29, 1.82) is 0 Å². The van der Waals surface area contributed by atoms with E-state index in [4.69, 9.17) is 16.0 Å². The number of amides is 1. The zero-order valence-corrected chi connectivity index (χ0v) is 19.6. The highest BCUT2D eigenvalue weighted by atomic mass is 35.5. The van der Waals surface area contributed by atoms with Crippen LogP contribution in [-0.2, 0) is 4.79 Å². The smallest absolute Gasteiger partial charge is 0.296 e. The van der Waals surface area contributed by atoms with Gasteiger partial charge in [0.25, 0.3) is 5.91 Å². The molecule has 170 valence electrons. The van der Waals surface area contributed by atoms with Gasteiger partial charge in [-0.15, -0.1) is 0 Å². The summed E-state index contributed by atoms with van der Waals surface area (Å²) in [5.41, 5.74) is 1.38. The van der Waals surface area contributed by atoms with Gasteiger partial charge in [-0.1, -0.05) is 53.3 Å². The van der Waals surface area contributed by atoms with E-state index in [1.165, 1.54) is 11.8 Å².